The number of benzene rings is 1. The molecule has 1 aromatic carbocycles. The molecular formula is C24H32N8O. The number of nitrogens with one attached hydrogen (secondary N) is 3. The molecule has 2 saturated heterocycles. The molecule has 33 heavy (non-hydrogen) atoms. The second kappa shape index (κ2) is 9.36. The summed E-state index contributed by atoms with van der Waals surface area (Å²) in [5, 5.41) is 9.72. The first-order chi connectivity index (χ1) is 16.1. The lowest BCUT2D eigenvalue weighted by atomic mass is 9.98. The molecule has 4 heterocycles. The first-order valence-corrected chi connectivity index (χ1v) is 11.8. The number of anilines is 2. The van der Waals surface area contributed by atoms with E-state index in [0.717, 1.165) is 66.9 Å². The summed E-state index contributed by atoms with van der Waals surface area (Å²) in [4.78, 5) is 23.2. The molecule has 2 amide bonds. The lowest BCUT2D eigenvalue weighted by Gasteiger charge is -2.39. The predicted octanol–water partition coefficient (Wildman–Crippen LogP) is 2.82. The van der Waals surface area contributed by atoms with Crippen LogP contribution in [0, 0.1) is 0 Å². The Labute approximate surface area is 193 Å². The fourth-order valence-electron chi connectivity index (χ4n) is 5.23. The quantitative estimate of drug-likeness (QED) is 0.488. The highest BCUT2D eigenvalue weighted by Crippen LogP contribution is 2.37. The van der Waals surface area contributed by atoms with Crippen molar-refractivity contribution in [2.24, 2.45) is 0 Å². The van der Waals surface area contributed by atoms with E-state index in [1.807, 2.05) is 24.3 Å². The van der Waals surface area contributed by atoms with Crippen LogP contribution in [0.25, 0.3) is 22.2 Å². The molecule has 3 aromatic rings. The van der Waals surface area contributed by atoms with Crippen LogP contribution in [0.1, 0.15) is 31.7 Å². The van der Waals surface area contributed by atoms with Gasteiger partial charge in [0.1, 0.15) is 17.8 Å². The summed E-state index contributed by atoms with van der Waals surface area (Å²) < 4.78 is 2.30. The second-order valence-corrected chi connectivity index (χ2v) is 8.94. The van der Waals surface area contributed by atoms with Gasteiger partial charge in [0.15, 0.2) is 0 Å². The largest absolute Gasteiger partial charge is 0.383 e. The normalized spacial score (nSPS) is 18.5. The Morgan fingerprint density at radius 1 is 1.06 bits per heavy atom. The van der Waals surface area contributed by atoms with Crippen LogP contribution in [-0.4, -0.2) is 64.7 Å². The van der Waals surface area contributed by atoms with Gasteiger partial charge in [-0.15, -0.1) is 0 Å². The molecule has 0 unspecified atom stereocenters. The number of nitrogens with two attached hydrogens (primary N) is 1. The maximum absolute atomic E-state index is 11.6. The minimum absolute atomic E-state index is 0.243. The molecule has 0 atom stereocenters. The number of nitrogen functional groups attached to an aromatic ring is 1. The van der Waals surface area contributed by atoms with Crippen LogP contribution in [0.4, 0.5) is 16.3 Å². The van der Waals surface area contributed by atoms with E-state index in [1.165, 1.54) is 12.8 Å². The molecule has 0 radical (unpaired) electrons. The van der Waals surface area contributed by atoms with Gasteiger partial charge in [0.25, 0.3) is 0 Å². The monoisotopic (exact) mass is 448 g/mol. The topological polar surface area (TPSA) is 113 Å². The molecule has 174 valence electrons. The Hall–Kier alpha value is -3.17. The van der Waals surface area contributed by atoms with Crippen LogP contribution in [0.2, 0.25) is 0 Å². The molecule has 2 aliphatic heterocycles. The molecule has 2 aliphatic rings. The number of hydrogen-bond acceptors (Lipinski definition) is 6. The highest BCUT2D eigenvalue weighted by Gasteiger charge is 2.28. The van der Waals surface area contributed by atoms with E-state index in [4.69, 9.17) is 5.73 Å². The van der Waals surface area contributed by atoms with Crippen LogP contribution in [0.15, 0.2) is 36.8 Å². The lowest BCUT2D eigenvalue weighted by Crippen LogP contribution is -2.46. The van der Waals surface area contributed by atoms with E-state index in [9.17, 15) is 4.79 Å². The van der Waals surface area contributed by atoms with Gasteiger partial charge < -0.3 is 31.2 Å². The van der Waals surface area contributed by atoms with Crippen molar-refractivity contribution < 1.29 is 4.79 Å². The van der Waals surface area contributed by atoms with Crippen LogP contribution in [0.5, 0.6) is 0 Å². The summed E-state index contributed by atoms with van der Waals surface area (Å²) in [6, 6.07) is 8.64. The van der Waals surface area contributed by atoms with Gasteiger partial charge in [-0.3, -0.25) is 0 Å². The second-order valence-electron chi connectivity index (χ2n) is 8.94. The maximum Gasteiger partial charge on any atom is 0.318 e. The summed E-state index contributed by atoms with van der Waals surface area (Å²) in [5.74, 6) is 0.494. The molecule has 9 heteroatoms. The number of rotatable bonds is 4. The van der Waals surface area contributed by atoms with E-state index in [0.29, 0.717) is 17.9 Å². The molecule has 0 bridgehead atoms. The fraction of sp³-hybridized carbons (Fsp3) is 0.458. The lowest BCUT2D eigenvalue weighted by molar-refractivity contribution is 0.114. The van der Waals surface area contributed by atoms with E-state index >= 15 is 0 Å². The molecule has 9 nitrogen and oxygen atoms in total. The maximum atomic E-state index is 11.6. The number of fused-ring (bicyclic) bond motifs is 1. The molecule has 0 saturated carbocycles. The standard InChI is InChI=1S/C24H32N8O/c1-26-24(33)30-17-4-2-16(3-5-17)20-14-32(23-21(20)22(25)28-15-29-23)19-8-12-31(13-9-19)18-6-10-27-11-7-18/h2-5,14-15,18-19,27H,6-13H2,1H3,(H2,25,28,29)(H2,26,30,33). The Kier molecular flexibility index (Phi) is 6.15. The van der Waals surface area contributed by atoms with Gasteiger partial charge in [0.2, 0.25) is 0 Å². The third-order valence-electron chi connectivity index (χ3n) is 7.04. The van der Waals surface area contributed by atoms with Crippen molar-refractivity contribution in [2.45, 2.75) is 37.8 Å². The minimum Gasteiger partial charge on any atom is -0.383 e. The first kappa shape index (κ1) is 21.7. The van der Waals surface area contributed by atoms with Gasteiger partial charge >= 0.3 is 6.03 Å². The number of piperidine rings is 2. The summed E-state index contributed by atoms with van der Waals surface area (Å²) in [7, 11) is 1.60. The van der Waals surface area contributed by atoms with Crippen LogP contribution in [0.3, 0.4) is 0 Å². The summed E-state index contributed by atoms with van der Waals surface area (Å²) >= 11 is 0. The minimum atomic E-state index is -0.243. The smallest absolute Gasteiger partial charge is 0.318 e. The number of hydrogen-bond donors (Lipinski definition) is 4. The molecule has 0 aliphatic carbocycles. The van der Waals surface area contributed by atoms with Gasteiger partial charge in [-0.1, -0.05) is 12.1 Å². The fourth-order valence-corrected chi connectivity index (χ4v) is 5.23. The van der Waals surface area contributed by atoms with Crippen molar-refractivity contribution in [2.75, 3.05) is 44.3 Å². The highest BCUT2D eigenvalue weighted by atomic mass is 16.2. The van der Waals surface area contributed by atoms with E-state index in [-0.39, 0.29) is 6.03 Å². The molecule has 0 spiro atoms. The number of carbonyl (C=O) groups excluding carboxylic acids is 1. The van der Waals surface area contributed by atoms with Crippen molar-refractivity contribution in [1.29, 1.82) is 0 Å². The zero-order valence-corrected chi connectivity index (χ0v) is 19.1. The predicted molar refractivity (Wildman–Crippen MR) is 131 cm³/mol. The summed E-state index contributed by atoms with van der Waals surface area (Å²) in [6.07, 6.45) is 8.43. The Balaban J connectivity index is 1.41. The number of likely N-dealkylation sites (tertiary alicyclic amines) is 1. The Morgan fingerprint density at radius 3 is 2.48 bits per heavy atom. The molecule has 2 aromatic heterocycles. The first-order valence-electron chi connectivity index (χ1n) is 11.8. The van der Waals surface area contributed by atoms with Crippen molar-refractivity contribution >= 4 is 28.6 Å². The highest BCUT2D eigenvalue weighted by molar-refractivity contribution is 6.01. The third kappa shape index (κ3) is 4.38. The number of carbonyl (C=O) groups is 1. The average molecular weight is 449 g/mol. The molecular weight excluding hydrogens is 416 g/mol. The molecule has 5 N–H and O–H groups in total. The number of urea groups is 1. The molecule has 5 rings (SSSR count). The number of amides is 2. The zero-order chi connectivity index (χ0) is 22.8. The van der Waals surface area contributed by atoms with Crippen LogP contribution >= 0.6 is 0 Å². The molecule has 2 fully saturated rings. The van der Waals surface area contributed by atoms with E-state index in [1.54, 1.807) is 13.4 Å². The summed E-state index contributed by atoms with van der Waals surface area (Å²) in [6.45, 7) is 4.49. The van der Waals surface area contributed by atoms with Crippen molar-refractivity contribution in [3.8, 4) is 11.1 Å². The van der Waals surface area contributed by atoms with Gasteiger partial charge in [-0.25, -0.2) is 14.8 Å². The average Bonchev–Trinajstić information content (AvgIpc) is 3.26. The van der Waals surface area contributed by atoms with Gasteiger partial charge in [0.05, 0.1) is 5.39 Å². The SMILES string of the molecule is CNC(=O)Nc1ccc(-c2cn(C3CCN(C4CCNCC4)CC3)c3ncnc(N)c23)cc1. The zero-order valence-electron chi connectivity index (χ0n) is 19.1. The van der Waals surface area contributed by atoms with Crippen LogP contribution < -0.4 is 21.7 Å². The Morgan fingerprint density at radius 2 is 1.79 bits per heavy atom. The van der Waals surface area contributed by atoms with Crippen molar-refractivity contribution in [3.63, 3.8) is 0 Å². The number of aromatic nitrogens is 3. The number of nitrogens with zero attached hydrogens (tertiary/aromatic N) is 4. The van der Waals surface area contributed by atoms with Gasteiger partial charge in [0, 0.05) is 49.7 Å². The van der Waals surface area contributed by atoms with E-state index < -0.39 is 0 Å². The van der Waals surface area contributed by atoms with Gasteiger partial charge in [-0.2, -0.15) is 0 Å². The summed E-state index contributed by atoms with van der Waals surface area (Å²) in [5.41, 5.74) is 10.00. The van der Waals surface area contributed by atoms with Crippen molar-refractivity contribution in [3.05, 3.63) is 36.8 Å². The van der Waals surface area contributed by atoms with Crippen molar-refractivity contribution in [1.82, 2.24) is 30.1 Å². The van der Waals surface area contributed by atoms with E-state index in [2.05, 4.69) is 41.6 Å². The van der Waals surface area contributed by atoms with Crippen LogP contribution in [-0.2, 0) is 0 Å². The third-order valence-corrected chi connectivity index (χ3v) is 7.04. The Bertz CT molecular complexity index is 1110. The van der Waals surface area contributed by atoms with Gasteiger partial charge in [-0.05, 0) is 56.5 Å².